The van der Waals surface area contributed by atoms with Gasteiger partial charge in [-0.3, -0.25) is 4.79 Å². The van der Waals surface area contributed by atoms with Crippen LogP contribution in [-0.2, 0) is 7.86 Å². The van der Waals surface area contributed by atoms with Gasteiger partial charge in [0.1, 0.15) is 0 Å². The molecule has 0 aromatic heterocycles. The van der Waals surface area contributed by atoms with Gasteiger partial charge in [0.05, 0.1) is 6.42 Å². The Kier molecular flexibility index (Phi) is 3.46. The highest BCUT2D eigenvalue weighted by Gasteiger charge is 2.15. The summed E-state index contributed by atoms with van der Waals surface area (Å²) >= 11 is 1.60. The molecule has 0 unspecified atom stereocenters. The van der Waals surface area contributed by atoms with Crippen molar-refractivity contribution < 1.29 is 7.86 Å². The number of halogens is 1. The lowest BCUT2D eigenvalue weighted by molar-refractivity contribution is -0.133. The van der Waals surface area contributed by atoms with Crippen LogP contribution in [0.2, 0.25) is 0 Å². The minimum Gasteiger partial charge on any atom is -0.394 e. The first-order valence-corrected chi connectivity index (χ1v) is 3.65. The Bertz CT molecular complexity index is 104. The topological polar surface area (TPSA) is 26.3 Å². The highest BCUT2D eigenvalue weighted by atomic mass is 127. The second kappa shape index (κ2) is 3.39. The molecule has 54 valence electrons. The summed E-state index contributed by atoms with van der Waals surface area (Å²) in [6.45, 7) is 6.00. The number of carbonyl (C=O) groups excluding carboxylic acids is 1. The van der Waals surface area contributed by atoms with Gasteiger partial charge in [0.15, 0.2) is 23.0 Å². The van der Waals surface area contributed by atoms with Crippen molar-refractivity contribution in [2.75, 3.05) is 0 Å². The van der Waals surface area contributed by atoms with Crippen molar-refractivity contribution in [3.8, 4) is 0 Å². The Hall–Kier alpha value is 0.200. The molecule has 2 nitrogen and oxygen atoms in total. The van der Waals surface area contributed by atoms with Crippen molar-refractivity contribution in [2.24, 2.45) is 5.41 Å². The molecule has 0 aliphatic rings. The summed E-state index contributed by atoms with van der Waals surface area (Å²) in [7, 11) is 0. The second-order valence-electron chi connectivity index (χ2n) is 3.19. The van der Waals surface area contributed by atoms with Gasteiger partial charge >= 0.3 is 5.97 Å². The molecule has 0 amide bonds. The molecule has 0 saturated heterocycles. The second-order valence-corrected chi connectivity index (χ2v) is 3.63. The lowest BCUT2D eigenvalue weighted by Crippen LogP contribution is -2.12. The van der Waals surface area contributed by atoms with Crippen LogP contribution in [0, 0.1) is 5.41 Å². The van der Waals surface area contributed by atoms with E-state index in [1.165, 1.54) is 0 Å². The van der Waals surface area contributed by atoms with Crippen molar-refractivity contribution in [2.45, 2.75) is 27.2 Å². The monoisotopic (exact) mass is 242 g/mol. The summed E-state index contributed by atoms with van der Waals surface area (Å²) in [6.07, 6.45) is 0.482. The van der Waals surface area contributed by atoms with Crippen LogP contribution < -0.4 is 0 Å². The van der Waals surface area contributed by atoms with Gasteiger partial charge in [0, 0.05) is 0 Å². The van der Waals surface area contributed by atoms with E-state index < -0.39 is 0 Å². The van der Waals surface area contributed by atoms with Gasteiger partial charge in [-0.1, -0.05) is 20.8 Å². The van der Waals surface area contributed by atoms with Crippen LogP contribution in [0.5, 0.6) is 0 Å². The van der Waals surface area contributed by atoms with Crippen molar-refractivity contribution in [1.29, 1.82) is 0 Å². The van der Waals surface area contributed by atoms with Crippen LogP contribution in [0.1, 0.15) is 27.2 Å². The molecule has 0 aromatic carbocycles. The van der Waals surface area contributed by atoms with Crippen LogP contribution >= 0.6 is 23.0 Å². The van der Waals surface area contributed by atoms with E-state index in [4.69, 9.17) is 0 Å². The van der Waals surface area contributed by atoms with E-state index in [2.05, 4.69) is 3.07 Å². The fraction of sp³-hybridized carbons (Fsp3) is 0.833. The molecule has 0 bridgehead atoms. The molecule has 0 saturated carbocycles. The fourth-order valence-corrected chi connectivity index (χ4v) is 0.616. The third kappa shape index (κ3) is 6.08. The normalized spacial score (nSPS) is 11.1. The zero-order valence-corrected chi connectivity index (χ0v) is 8.06. The Balaban J connectivity index is 3.60. The van der Waals surface area contributed by atoms with E-state index in [0.717, 1.165) is 0 Å². The lowest BCUT2D eigenvalue weighted by Gasteiger charge is -2.14. The van der Waals surface area contributed by atoms with E-state index in [0.29, 0.717) is 6.42 Å². The van der Waals surface area contributed by atoms with Gasteiger partial charge in [-0.2, -0.15) is 0 Å². The summed E-state index contributed by atoms with van der Waals surface area (Å²) in [5.41, 5.74) is 0.0439. The van der Waals surface area contributed by atoms with Crippen LogP contribution in [0.15, 0.2) is 0 Å². The molecule has 0 aliphatic carbocycles. The quantitative estimate of drug-likeness (QED) is 0.659. The summed E-state index contributed by atoms with van der Waals surface area (Å²) < 4.78 is 4.46. The Morgan fingerprint density at radius 1 is 1.56 bits per heavy atom. The predicted octanol–water partition coefficient (Wildman–Crippen LogP) is 2.32. The van der Waals surface area contributed by atoms with Gasteiger partial charge in [-0.25, -0.2) is 0 Å². The molecule has 0 aliphatic heterocycles. The average Bonchev–Trinajstić information content (AvgIpc) is 1.62. The van der Waals surface area contributed by atoms with Crippen LogP contribution in [-0.4, -0.2) is 5.97 Å². The van der Waals surface area contributed by atoms with E-state index >= 15 is 0 Å². The number of carbonyl (C=O) groups is 1. The molecule has 0 atom stereocenters. The first kappa shape index (κ1) is 9.20. The molecule has 0 rings (SSSR count). The molecule has 3 heteroatoms. The summed E-state index contributed by atoms with van der Waals surface area (Å²) in [4.78, 5) is 10.6. The average molecular weight is 242 g/mol. The van der Waals surface area contributed by atoms with Crippen molar-refractivity contribution in [3.05, 3.63) is 0 Å². The van der Waals surface area contributed by atoms with E-state index in [1.807, 2.05) is 20.8 Å². The fourth-order valence-electron chi connectivity index (χ4n) is 0.460. The minimum atomic E-state index is -0.150. The molecule has 0 heterocycles. The molecular formula is C6H11IO2. The molecular weight excluding hydrogens is 231 g/mol. The summed E-state index contributed by atoms with van der Waals surface area (Å²) in [5.74, 6) is -0.150. The first-order chi connectivity index (χ1) is 3.95. The van der Waals surface area contributed by atoms with Gasteiger partial charge in [-0.05, 0) is 5.41 Å². The first-order valence-electron chi connectivity index (χ1n) is 2.77. The SMILES string of the molecule is CC(C)(C)CC(=O)OI. The molecule has 9 heavy (non-hydrogen) atoms. The molecule has 0 radical (unpaired) electrons. The molecule has 0 spiro atoms. The van der Waals surface area contributed by atoms with Gasteiger partial charge in [-0.15, -0.1) is 0 Å². The highest BCUT2D eigenvalue weighted by Crippen LogP contribution is 2.19. The van der Waals surface area contributed by atoms with Crippen LogP contribution in [0.4, 0.5) is 0 Å². The summed E-state index contributed by atoms with van der Waals surface area (Å²) in [5, 5.41) is 0. The van der Waals surface area contributed by atoms with Crippen molar-refractivity contribution >= 4 is 29.0 Å². The van der Waals surface area contributed by atoms with Crippen LogP contribution in [0.25, 0.3) is 0 Å². The predicted molar refractivity (Wildman–Crippen MR) is 44.2 cm³/mol. The number of hydrogen-bond donors (Lipinski definition) is 0. The third-order valence-electron chi connectivity index (χ3n) is 0.761. The molecule has 0 aromatic rings. The third-order valence-corrected chi connectivity index (χ3v) is 1.25. The lowest BCUT2D eigenvalue weighted by atomic mass is 9.93. The summed E-state index contributed by atoms with van der Waals surface area (Å²) in [6, 6.07) is 0. The van der Waals surface area contributed by atoms with E-state index in [-0.39, 0.29) is 11.4 Å². The number of rotatable bonds is 1. The van der Waals surface area contributed by atoms with E-state index in [9.17, 15) is 4.79 Å². The largest absolute Gasteiger partial charge is 0.394 e. The van der Waals surface area contributed by atoms with E-state index in [1.54, 1.807) is 23.0 Å². The van der Waals surface area contributed by atoms with Gasteiger partial charge in [0.25, 0.3) is 0 Å². The van der Waals surface area contributed by atoms with Gasteiger partial charge in [0.2, 0.25) is 0 Å². The van der Waals surface area contributed by atoms with Gasteiger partial charge < -0.3 is 3.07 Å². The molecule has 0 fully saturated rings. The zero-order valence-electron chi connectivity index (χ0n) is 5.90. The standard InChI is InChI=1S/C6H11IO2/c1-6(2,3)4-5(8)9-7/h4H2,1-3H3. The van der Waals surface area contributed by atoms with Crippen molar-refractivity contribution in [3.63, 3.8) is 0 Å². The van der Waals surface area contributed by atoms with Crippen LogP contribution in [0.3, 0.4) is 0 Å². The smallest absolute Gasteiger partial charge is 0.315 e. The highest BCUT2D eigenvalue weighted by molar-refractivity contribution is 14.1. The Morgan fingerprint density at radius 2 is 2.00 bits per heavy atom. The maximum absolute atomic E-state index is 10.6. The maximum Gasteiger partial charge on any atom is 0.315 e. The Labute approximate surface area is 69.7 Å². The minimum absolute atomic E-state index is 0.0439. The number of hydrogen-bond acceptors (Lipinski definition) is 2. The zero-order chi connectivity index (χ0) is 7.49. The van der Waals surface area contributed by atoms with Crippen molar-refractivity contribution in [1.82, 2.24) is 0 Å². The maximum atomic E-state index is 10.6. The molecule has 0 N–H and O–H groups in total. The Morgan fingerprint density at radius 3 is 2.11 bits per heavy atom.